The molecule has 2 rings (SSSR count). The Labute approximate surface area is 132 Å². The Balaban J connectivity index is 2.23. The van der Waals surface area contributed by atoms with Crippen LogP contribution in [0.3, 0.4) is 0 Å². The van der Waals surface area contributed by atoms with Gasteiger partial charge in [-0.25, -0.2) is 9.59 Å². The molecule has 5 N–H and O–H groups in total. The Morgan fingerprint density at radius 1 is 1.59 bits per heavy atom. The predicted octanol–water partition coefficient (Wildman–Crippen LogP) is -0.879. The first-order chi connectivity index (χ1) is 10.4. The molecule has 1 fully saturated rings. The van der Waals surface area contributed by atoms with Crippen molar-refractivity contribution in [1.82, 2.24) is 9.97 Å². The van der Waals surface area contributed by atoms with Crippen molar-refractivity contribution in [2.75, 3.05) is 11.9 Å². The first kappa shape index (κ1) is 16.6. The van der Waals surface area contributed by atoms with Gasteiger partial charge in [-0.15, -0.1) is 0 Å². The van der Waals surface area contributed by atoms with Crippen LogP contribution in [-0.2, 0) is 9.53 Å². The van der Waals surface area contributed by atoms with Crippen LogP contribution in [-0.4, -0.2) is 61.1 Å². The maximum atomic E-state index is 11.3. The number of alkyl halides is 1. The number of hydrogen-bond acceptors (Lipinski definition) is 7. The second-order valence-electron chi connectivity index (χ2n) is 4.54. The maximum Gasteiger partial charge on any atom is 0.346 e. The van der Waals surface area contributed by atoms with Crippen molar-refractivity contribution < 1.29 is 24.9 Å². The number of aliphatic hydroxyl groups is 2. The molecule has 0 unspecified atom stereocenters. The van der Waals surface area contributed by atoms with Crippen LogP contribution in [0.2, 0.25) is 0 Å². The molecule has 2 heterocycles. The number of ether oxygens (including phenoxy) is 1. The molecule has 0 aromatic carbocycles. The molecule has 0 spiro atoms. The molecule has 0 amide bonds. The van der Waals surface area contributed by atoms with Gasteiger partial charge in [0.05, 0.1) is 17.5 Å². The molecular weight excluding hydrogens is 362 g/mol. The lowest BCUT2D eigenvalue weighted by atomic mass is 10.2. The van der Waals surface area contributed by atoms with Gasteiger partial charge in [-0.2, -0.15) is 4.98 Å². The summed E-state index contributed by atoms with van der Waals surface area (Å²) in [5, 5.41) is 30.5. The molecule has 120 valence electrons. The normalized spacial score (nSPS) is 28.1. The SMILES string of the molecule is O=C(O)C=Cc1c[nH]c(=O)nc1N[C@@H]1O[C@H](CO)[C@H](Br)[C@H]1O. The van der Waals surface area contributed by atoms with Crippen LogP contribution in [0, 0.1) is 0 Å². The molecule has 4 atom stereocenters. The number of aromatic amines is 1. The topological polar surface area (TPSA) is 145 Å². The number of hydrogen-bond donors (Lipinski definition) is 5. The van der Waals surface area contributed by atoms with E-state index in [4.69, 9.17) is 14.9 Å². The first-order valence-electron chi connectivity index (χ1n) is 6.28. The lowest BCUT2D eigenvalue weighted by Crippen LogP contribution is -2.34. The summed E-state index contributed by atoms with van der Waals surface area (Å²) in [4.78, 5) is 27.4. The molecule has 1 aliphatic rings. The minimum atomic E-state index is -1.16. The van der Waals surface area contributed by atoms with Crippen molar-refractivity contribution in [3.63, 3.8) is 0 Å². The number of rotatable bonds is 5. The van der Waals surface area contributed by atoms with Crippen LogP contribution in [0.4, 0.5) is 5.82 Å². The summed E-state index contributed by atoms with van der Waals surface area (Å²) in [6.07, 6.45) is 0.892. The first-order valence-corrected chi connectivity index (χ1v) is 7.19. The largest absolute Gasteiger partial charge is 0.478 e. The maximum absolute atomic E-state index is 11.3. The smallest absolute Gasteiger partial charge is 0.346 e. The van der Waals surface area contributed by atoms with Crippen molar-refractivity contribution >= 4 is 33.8 Å². The molecule has 1 aromatic heterocycles. The van der Waals surface area contributed by atoms with Crippen molar-refractivity contribution in [2.45, 2.75) is 23.3 Å². The molecule has 9 nitrogen and oxygen atoms in total. The quantitative estimate of drug-likeness (QED) is 0.329. The van der Waals surface area contributed by atoms with Gasteiger partial charge in [0.25, 0.3) is 0 Å². The van der Waals surface area contributed by atoms with E-state index >= 15 is 0 Å². The van der Waals surface area contributed by atoms with E-state index in [1.54, 1.807) is 0 Å². The molecule has 0 aliphatic carbocycles. The number of carbonyl (C=O) groups is 1. The Bertz CT molecular complexity index is 634. The van der Waals surface area contributed by atoms with Crippen LogP contribution in [0.5, 0.6) is 0 Å². The van der Waals surface area contributed by atoms with E-state index in [9.17, 15) is 14.7 Å². The molecule has 1 aromatic rings. The van der Waals surface area contributed by atoms with E-state index in [0.717, 1.165) is 6.08 Å². The van der Waals surface area contributed by atoms with E-state index in [2.05, 4.69) is 31.2 Å². The number of carboxylic acid groups (broad SMARTS) is 1. The van der Waals surface area contributed by atoms with Crippen LogP contribution in [0.1, 0.15) is 5.56 Å². The van der Waals surface area contributed by atoms with Gasteiger partial charge in [-0.3, -0.25) is 0 Å². The molecule has 0 radical (unpaired) electrons. The molecule has 22 heavy (non-hydrogen) atoms. The molecule has 10 heteroatoms. The highest BCUT2D eigenvalue weighted by Crippen LogP contribution is 2.28. The highest BCUT2D eigenvalue weighted by Gasteiger charge is 2.42. The van der Waals surface area contributed by atoms with E-state index in [1.807, 2.05) is 0 Å². The second kappa shape index (κ2) is 7.01. The van der Waals surface area contributed by atoms with E-state index in [1.165, 1.54) is 12.3 Å². The summed E-state index contributed by atoms with van der Waals surface area (Å²) < 4.78 is 5.41. The molecular formula is C12H14BrN3O6. The van der Waals surface area contributed by atoms with Gasteiger partial charge in [-0.1, -0.05) is 15.9 Å². The van der Waals surface area contributed by atoms with Crippen molar-refractivity contribution in [1.29, 1.82) is 0 Å². The summed E-state index contributed by atoms with van der Waals surface area (Å²) in [5.41, 5.74) is -0.340. The number of aliphatic hydroxyl groups excluding tert-OH is 2. The fraction of sp³-hybridized carbons (Fsp3) is 0.417. The third-order valence-corrected chi connectivity index (χ3v) is 4.15. The number of aliphatic carboxylic acids is 1. The number of H-pyrrole nitrogens is 1. The number of anilines is 1. The van der Waals surface area contributed by atoms with Gasteiger partial charge >= 0.3 is 11.7 Å². The van der Waals surface area contributed by atoms with Crippen molar-refractivity contribution in [3.05, 3.63) is 28.3 Å². The van der Waals surface area contributed by atoms with E-state index < -0.39 is 34.9 Å². The third-order valence-electron chi connectivity index (χ3n) is 3.02. The third kappa shape index (κ3) is 3.71. The van der Waals surface area contributed by atoms with Crippen LogP contribution < -0.4 is 11.0 Å². The fourth-order valence-corrected chi connectivity index (χ4v) is 2.51. The Kier molecular flexibility index (Phi) is 5.29. The van der Waals surface area contributed by atoms with Crippen molar-refractivity contribution in [2.24, 2.45) is 0 Å². The lowest BCUT2D eigenvalue weighted by Gasteiger charge is -2.18. The minimum Gasteiger partial charge on any atom is -0.478 e. The number of nitrogens with zero attached hydrogens (tertiary/aromatic N) is 1. The van der Waals surface area contributed by atoms with Gasteiger partial charge in [0.15, 0.2) is 6.23 Å². The average Bonchev–Trinajstić information content (AvgIpc) is 2.74. The molecule has 0 saturated carbocycles. The molecule has 0 bridgehead atoms. The number of nitrogens with one attached hydrogen (secondary N) is 2. The Morgan fingerprint density at radius 3 is 2.91 bits per heavy atom. The van der Waals surface area contributed by atoms with Gasteiger partial charge < -0.3 is 30.4 Å². The summed E-state index contributed by atoms with van der Waals surface area (Å²) in [6.45, 7) is -0.292. The second-order valence-corrected chi connectivity index (χ2v) is 5.60. The van der Waals surface area contributed by atoms with Crippen LogP contribution >= 0.6 is 15.9 Å². The van der Waals surface area contributed by atoms with Gasteiger partial charge in [-0.05, 0) is 6.08 Å². The number of aromatic nitrogens is 2. The Morgan fingerprint density at radius 2 is 2.32 bits per heavy atom. The summed E-state index contributed by atoms with van der Waals surface area (Å²) in [7, 11) is 0. The van der Waals surface area contributed by atoms with Crippen LogP contribution in [0.15, 0.2) is 17.1 Å². The van der Waals surface area contributed by atoms with Crippen LogP contribution in [0.25, 0.3) is 6.08 Å². The summed E-state index contributed by atoms with van der Waals surface area (Å²) >= 11 is 3.21. The standard InChI is InChI=1S/C12H14BrN3O6/c13-8-6(4-17)22-11(9(8)20)15-10-5(1-2-7(18)19)3-14-12(21)16-10/h1-3,6,8-9,11,17,20H,4H2,(H,18,19)(H2,14,15,16,21)/t6-,8+,9-,11-/m1/s1. The summed E-state index contributed by atoms with van der Waals surface area (Å²) in [6, 6.07) is 0. The zero-order valence-electron chi connectivity index (χ0n) is 11.1. The van der Waals surface area contributed by atoms with Gasteiger partial charge in [0.2, 0.25) is 0 Å². The van der Waals surface area contributed by atoms with Gasteiger partial charge in [0.1, 0.15) is 11.9 Å². The highest BCUT2D eigenvalue weighted by atomic mass is 79.9. The van der Waals surface area contributed by atoms with Gasteiger partial charge in [0, 0.05) is 17.8 Å². The zero-order valence-corrected chi connectivity index (χ0v) is 12.7. The number of halogens is 1. The fourth-order valence-electron chi connectivity index (χ4n) is 1.94. The highest BCUT2D eigenvalue weighted by molar-refractivity contribution is 9.09. The van der Waals surface area contributed by atoms with Crippen molar-refractivity contribution in [3.8, 4) is 0 Å². The minimum absolute atomic E-state index is 0.0589. The lowest BCUT2D eigenvalue weighted by molar-refractivity contribution is -0.131. The molecule has 1 saturated heterocycles. The predicted molar refractivity (Wildman–Crippen MR) is 79.6 cm³/mol. The monoisotopic (exact) mass is 375 g/mol. The average molecular weight is 376 g/mol. The molecule has 1 aliphatic heterocycles. The van der Waals surface area contributed by atoms with E-state index in [0.29, 0.717) is 5.56 Å². The zero-order chi connectivity index (χ0) is 16.3. The Hall–Kier alpha value is -1.75. The number of carboxylic acids is 1. The summed E-state index contributed by atoms with van der Waals surface area (Å²) in [5.74, 6) is -1.10. The van der Waals surface area contributed by atoms with E-state index in [-0.39, 0.29) is 12.4 Å².